The molecule has 25 heavy (non-hydrogen) atoms. The van der Waals surface area contributed by atoms with E-state index in [4.69, 9.17) is 14.2 Å². The number of carbonyl (C=O) groups excluding carboxylic acids is 2. The van der Waals surface area contributed by atoms with Crippen LogP contribution in [-0.4, -0.2) is 32.1 Å². The maximum Gasteiger partial charge on any atom is 0.331 e. The van der Waals surface area contributed by atoms with Crippen molar-refractivity contribution in [2.24, 2.45) is 0 Å². The summed E-state index contributed by atoms with van der Waals surface area (Å²) in [4.78, 5) is 23.9. The minimum atomic E-state index is -0.586. The Bertz CT molecular complexity index is 747. The van der Waals surface area contributed by atoms with Crippen molar-refractivity contribution >= 4 is 17.8 Å². The van der Waals surface area contributed by atoms with Crippen LogP contribution in [0.25, 0.3) is 6.08 Å². The molecule has 0 bridgehead atoms. The minimum Gasteiger partial charge on any atom is -0.496 e. The summed E-state index contributed by atoms with van der Waals surface area (Å²) >= 11 is 0. The van der Waals surface area contributed by atoms with Crippen LogP contribution in [0, 0.1) is 0 Å². The summed E-state index contributed by atoms with van der Waals surface area (Å²) in [6.07, 6.45) is 2.90. The number of hydrogen-bond donors (Lipinski definition) is 0. The monoisotopic (exact) mass is 340 g/mol. The number of ketones is 1. The molecule has 0 aliphatic heterocycles. The number of hydrogen-bond acceptors (Lipinski definition) is 5. The first-order valence-electron chi connectivity index (χ1n) is 7.88. The minimum absolute atomic E-state index is 0.319. The molecule has 0 unspecified atom stereocenters. The first kappa shape index (κ1) is 18.3. The standard InChI is InChI=1S/C20H20O5/c1-3-24-16-11-8-15(9-12-16)10-13-20(22)25-14-18(21)17-6-4-5-7-19(17)23-2/h4-13H,3,14H2,1-2H3/b13-10+. The highest BCUT2D eigenvalue weighted by molar-refractivity contribution is 6.01. The van der Waals surface area contributed by atoms with Gasteiger partial charge in [0.15, 0.2) is 6.61 Å². The van der Waals surface area contributed by atoms with E-state index in [-0.39, 0.29) is 12.4 Å². The Morgan fingerprint density at radius 2 is 1.76 bits per heavy atom. The average Bonchev–Trinajstić information content (AvgIpc) is 2.65. The fraction of sp³-hybridized carbons (Fsp3) is 0.200. The molecule has 2 rings (SSSR count). The zero-order valence-corrected chi connectivity index (χ0v) is 14.2. The third-order valence-corrected chi connectivity index (χ3v) is 3.36. The highest BCUT2D eigenvalue weighted by Gasteiger charge is 2.13. The first-order chi connectivity index (χ1) is 12.1. The van der Waals surface area contributed by atoms with E-state index >= 15 is 0 Å². The van der Waals surface area contributed by atoms with Gasteiger partial charge in [0, 0.05) is 6.08 Å². The molecular formula is C20H20O5. The molecule has 0 N–H and O–H groups in total. The molecule has 0 aliphatic carbocycles. The van der Waals surface area contributed by atoms with Gasteiger partial charge in [-0.05, 0) is 42.8 Å². The fourth-order valence-corrected chi connectivity index (χ4v) is 2.14. The smallest absolute Gasteiger partial charge is 0.331 e. The maximum absolute atomic E-state index is 12.1. The van der Waals surface area contributed by atoms with Gasteiger partial charge in [-0.3, -0.25) is 4.79 Å². The summed E-state index contributed by atoms with van der Waals surface area (Å²) in [6, 6.07) is 14.1. The number of carbonyl (C=O) groups is 2. The molecule has 2 aromatic rings. The third-order valence-electron chi connectivity index (χ3n) is 3.36. The van der Waals surface area contributed by atoms with Crippen molar-refractivity contribution < 1.29 is 23.8 Å². The highest BCUT2D eigenvalue weighted by Crippen LogP contribution is 2.18. The van der Waals surface area contributed by atoms with Gasteiger partial charge in [0.05, 0.1) is 19.3 Å². The van der Waals surface area contributed by atoms with Gasteiger partial charge in [0.25, 0.3) is 0 Å². The molecule has 2 aromatic carbocycles. The van der Waals surface area contributed by atoms with Crippen molar-refractivity contribution in [2.45, 2.75) is 6.92 Å². The van der Waals surface area contributed by atoms with Gasteiger partial charge < -0.3 is 14.2 Å². The van der Waals surface area contributed by atoms with Crippen LogP contribution in [0.1, 0.15) is 22.8 Å². The molecule has 0 radical (unpaired) electrons. The van der Waals surface area contributed by atoms with Crippen LogP contribution in [0.3, 0.4) is 0 Å². The van der Waals surface area contributed by atoms with Crippen LogP contribution in [0.5, 0.6) is 11.5 Å². The molecule has 0 amide bonds. The summed E-state index contributed by atoms with van der Waals surface area (Å²) in [7, 11) is 1.48. The lowest BCUT2D eigenvalue weighted by Gasteiger charge is -2.07. The number of ether oxygens (including phenoxy) is 3. The SMILES string of the molecule is CCOc1ccc(/C=C/C(=O)OCC(=O)c2ccccc2OC)cc1. The highest BCUT2D eigenvalue weighted by atomic mass is 16.5. The Morgan fingerprint density at radius 3 is 2.44 bits per heavy atom. The van der Waals surface area contributed by atoms with Gasteiger partial charge in [0.2, 0.25) is 5.78 Å². The Morgan fingerprint density at radius 1 is 1.04 bits per heavy atom. The normalized spacial score (nSPS) is 10.5. The summed E-state index contributed by atoms with van der Waals surface area (Å²) in [5.74, 6) is 0.315. The number of methoxy groups -OCH3 is 1. The summed E-state index contributed by atoms with van der Waals surface area (Å²) < 4.78 is 15.5. The number of Topliss-reactive ketones (excluding diaryl/α,β-unsaturated/α-hetero) is 1. The zero-order valence-electron chi connectivity index (χ0n) is 14.2. The van der Waals surface area contributed by atoms with E-state index in [1.165, 1.54) is 13.2 Å². The van der Waals surface area contributed by atoms with Crippen molar-refractivity contribution in [3.05, 3.63) is 65.7 Å². The lowest BCUT2D eigenvalue weighted by Crippen LogP contribution is -2.13. The topological polar surface area (TPSA) is 61.8 Å². The number of rotatable bonds is 8. The fourth-order valence-electron chi connectivity index (χ4n) is 2.14. The molecule has 0 aromatic heterocycles. The molecule has 0 atom stereocenters. The molecule has 130 valence electrons. The predicted octanol–water partition coefficient (Wildman–Crippen LogP) is 3.53. The second-order valence-corrected chi connectivity index (χ2v) is 5.07. The Balaban J connectivity index is 1.88. The summed E-state index contributed by atoms with van der Waals surface area (Å²) in [5.41, 5.74) is 1.21. The third kappa shape index (κ3) is 5.49. The van der Waals surface area contributed by atoms with Crippen molar-refractivity contribution in [2.75, 3.05) is 20.3 Å². The molecular weight excluding hydrogens is 320 g/mol. The van der Waals surface area contributed by atoms with E-state index in [1.807, 2.05) is 31.2 Å². The Labute approximate surface area is 146 Å². The van der Waals surface area contributed by atoms with Crippen LogP contribution in [0.4, 0.5) is 0 Å². The van der Waals surface area contributed by atoms with E-state index < -0.39 is 5.97 Å². The van der Waals surface area contributed by atoms with Gasteiger partial charge in [-0.1, -0.05) is 24.3 Å². The quantitative estimate of drug-likeness (QED) is 0.418. The molecule has 0 spiro atoms. The van der Waals surface area contributed by atoms with Crippen molar-refractivity contribution in [3.8, 4) is 11.5 Å². The summed E-state index contributed by atoms with van der Waals surface area (Å²) in [5, 5.41) is 0. The molecule has 0 saturated heterocycles. The average molecular weight is 340 g/mol. The van der Waals surface area contributed by atoms with Crippen LogP contribution in [0.15, 0.2) is 54.6 Å². The van der Waals surface area contributed by atoms with E-state index in [2.05, 4.69) is 0 Å². The zero-order chi connectivity index (χ0) is 18.1. The Kier molecular flexibility index (Phi) is 6.77. The van der Waals surface area contributed by atoms with E-state index in [1.54, 1.807) is 30.3 Å². The number of benzene rings is 2. The van der Waals surface area contributed by atoms with Crippen LogP contribution < -0.4 is 9.47 Å². The maximum atomic E-state index is 12.1. The molecule has 0 heterocycles. The van der Waals surface area contributed by atoms with Gasteiger partial charge in [-0.15, -0.1) is 0 Å². The molecule has 5 heteroatoms. The molecule has 0 fully saturated rings. The van der Waals surface area contributed by atoms with Crippen molar-refractivity contribution in [1.82, 2.24) is 0 Å². The van der Waals surface area contributed by atoms with Crippen molar-refractivity contribution in [1.29, 1.82) is 0 Å². The van der Waals surface area contributed by atoms with Crippen LogP contribution >= 0.6 is 0 Å². The van der Waals surface area contributed by atoms with Gasteiger partial charge in [-0.25, -0.2) is 4.79 Å². The Hall–Kier alpha value is -3.08. The number of para-hydroxylation sites is 1. The van der Waals surface area contributed by atoms with E-state index in [0.717, 1.165) is 11.3 Å². The lowest BCUT2D eigenvalue weighted by molar-refractivity contribution is -0.136. The van der Waals surface area contributed by atoms with Gasteiger partial charge in [-0.2, -0.15) is 0 Å². The molecule has 0 saturated carbocycles. The van der Waals surface area contributed by atoms with Crippen molar-refractivity contribution in [3.63, 3.8) is 0 Å². The number of esters is 1. The second kappa shape index (κ2) is 9.27. The van der Waals surface area contributed by atoms with Crippen LogP contribution in [0.2, 0.25) is 0 Å². The predicted molar refractivity (Wildman–Crippen MR) is 94.9 cm³/mol. The van der Waals surface area contributed by atoms with E-state index in [9.17, 15) is 9.59 Å². The molecule has 0 aliphatic rings. The summed E-state index contributed by atoms with van der Waals surface area (Å²) in [6.45, 7) is 2.17. The second-order valence-electron chi connectivity index (χ2n) is 5.07. The van der Waals surface area contributed by atoms with Crippen LogP contribution in [-0.2, 0) is 9.53 Å². The van der Waals surface area contributed by atoms with E-state index in [0.29, 0.717) is 17.9 Å². The molecule has 5 nitrogen and oxygen atoms in total. The van der Waals surface area contributed by atoms with Gasteiger partial charge in [0.1, 0.15) is 11.5 Å². The first-order valence-corrected chi connectivity index (χ1v) is 7.88. The van der Waals surface area contributed by atoms with Gasteiger partial charge >= 0.3 is 5.97 Å². The largest absolute Gasteiger partial charge is 0.496 e. The lowest BCUT2D eigenvalue weighted by atomic mass is 10.1.